The quantitative estimate of drug-likeness (QED) is 0.173. The fraction of sp³-hybridized carbons (Fsp3) is 0.0833. The molecule has 6 nitrogen and oxygen atoms in total. The molecular weight excluding hydrogens is 589 g/mol. The molecule has 1 aromatic heterocycles. The van der Waals surface area contributed by atoms with Crippen molar-refractivity contribution in [2.24, 2.45) is 0 Å². The second-order valence-corrected chi connectivity index (χ2v) is 12.4. The lowest BCUT2D eigenvalue weighted by molar-refractivity contribution is 0.355. The van der Waals surface area contributed by atoms with Crippen LogP contribution < -0.4 is 14.4 Å². The van der Waals surface area contributed by atoms with Gasteiger partial charge in [0.1, 0.15) is 0 Å². The maximum atomic E-state index is 11.6. The molecule has 0 saturated carbocycles. The van der Waals surface area contributed by atoms with E-state index in [1.165, 1.54) is 0 Å². The van der Waals surface area contributed by atoms with Crippen molar-refractivity contribution >= 4 is 50.8 Å². The van der Waals surface area contributed by atoms with E-state index < -0.39 is 11.1 Å². The van der Waals surface area contributed by atoms with Crippen molar-refractivity contribution in [3.63, 3.8) is 0 Å². The summed E-state index contributed by atoms with van der Waals surface area (Å²) in [5.41, 5.74) is 8.51. The van der Waals surface area contributed by atoms with Crippen molar-refractivity contribution in [3.8, 4) is 33.9 Å². The predicted molar refractivity (Wildman–Crippen MR) is 176 cm³/mol. The van der Waals surface area contributed by atoms with Crippen LogP contribution in [0, 0.1) is 6.92 Å². The molecule has 0 amide bonds. The summed E-state index contributed by atoms with van der Waals surface area (Å²) in [4.78, 5) is 10.2. The molecule has 6 aromatic rings. The second-order valence-electron chi connectivity index (χ2n) is 10.4. The number of fused-ring (bicyclic) bond motifs is 3. The van der Waals surface area contributed by atoms with Gasteiger partial charge in [-0.25, -0.2) is 4.98 Å². The van der Waals surface area contributed by atoms with Crippen LogP contribution in [0.25, 0.3) is 33.3 Å². The molecule has 7 rings (SSSR count). The van der Waals surface area contributed by atoms with Crippen molar-refractivity contribution in [2.45, 2.75) is 21.6 Å². The van der Waals surface area contributed by atoms with E-state index in [0.29, 0.717) is 11.5 Å². The molecule has 0 bridgehead atoms. The molecule has 0 N–H and O–H groups in total. The van der Waals surface area contributed by atoms with Gasteiger partial charge in [0, 0.05) is 25.6 Å². The van der Waals surface area contributed by atoms with Crippen LogP contribution in [0.4, 0.5) is 17.1 Å². The summed E-state index contributed by atoms with van der Waals surface area (Å²) in [6.45, 7) is 2.10. The molecule has 0 saturated heterocycles. The van der Waals surface area contributed by atoms with Gasteiger partial charge in [0.05, 0.1) is 42.5 Å². The highest BCUT2D eigenvalue weighted by molar-refractivity contribution is 7.99. The number of anilines is 3. The van der Waals surface area contributed by atoms with Gasteiger partial charge in [0.2, 0.25) is 0 Å². The van der Waals surface area contributed by atoms with Gasteiger partial charge in [-0.3, -0.25) is 4.21 Å². The van der Waals surface area contributed by atoms with Crippen LogP contribution in [0.2, 0.25) is 0 Å². The number of pyridine rings is 1. The van der Waals surface area contributed by atoms with Gasteiger partial charge in [-0.2, -0.15) is 0 Å². The molecule has 8 heteroatoms. The normalized spacial score (nSPS) is 12.9. The summed E-state index contributed by atoms with van der Waals surface area (Å²) in [5, 5.41) is 1.02. The lowest BCUT2D eigenvalue weighted by Crippen LogP contribution is -2.15. The van der Waals surface area contributed by atoms with E-state index in [2.05, 4.69) is 78.6 Å². The van der Waals surface area contributed by atoms with Crippen molar-refractivity contribution in [1.29, 1.82) is 0 Å². The molecule has 0 fully saturated rings. The minimum absolute atomic E-state index is 0.227. The van der Waals surface area contributed by atoms with Gasteiger partial charge in [-0.15, -0.1) is 0 Å². The number of ether oxygens (including phenoxy) is 2. The second kappa shape index (κ2) is 11.5. The van der Waals surface area contributed by atoms with Crippen LogP contribution >= 0.6 is 11.8 Å². The minimum atomic E-state index is -2.31. The van der Waals surface area contributed by atoms with Crippen LogP contribution in [0.3, 0.4) is 0 Å². The number of aromatic nitrogens is 1. The van der Waals surface area contributed by atoms with Gasteiger partial charge in [0.15, 0.2) is 11.5 Å². The number of hydrogen-bond acceptors (Lipinski definition) is 7. The van der Waals surface area contributed by atoms with E-state index in [1.807, 2.05) is 18.2 Å². The Labute approximate surface area is 262 Å². The summed E-state index contributed by atoms with van der Waals surface area (Å²) in [6, 6.07) is 35.9. The lowest BCUT2D eigenvalue weighted by atomic mass is 9.94. The molecule has 0 aliphatic carbocycles. The molecule has 44 heavy (non-hydrogen) atoms. The van der Waals surface area contributed by atoms with Gasteiger partial charge >= 0.3 is 0 Å². The fourth-order valence-corrected chi connectivity index (χ4v) is 7.17. The molecule has 0 radical (unpaired) electrons. The first-order chi connectivity index (χ1) is 21.5. The number of para-hydroxylation sites is 2. The zero-order valence-electron chi connectivity index (χ0n) is 24.2. The first-order valence-electron chi connectivity index (χ1n) is 14.0. The molecule has 1 aliphatic rings. The standard InChI is InChI=1S/C36H28N2O4S2/c1-22-12-18-30(38-28-8-4-6-10-33(28)43-34-11-7-5-9-29(34)38)36-35(22)26(24-15-19-31(41-2)32(20-24)42-3)21-27(37-36)23-13-16-25(17-14-23)44(39)40/h4-21H,1-3H3,(H,39,40)/p-1. The van der Waals surface area contributed by atoms with Crippen LogP contribution in [-0.2, 0) is 11.1 Å². The molecule has 2 heterocycles. The first-order valence-corrected chi connectivity index (χ1v) is 15.9. The van der Waals surface area contributed by atoms with Gasteiger partial charge < -0.3 is 18.9 Å². The SMILES string of the molecule is COc1ccc(-c2cc(-c3ccc(S(=O)[O-])cc3)nc3c(N4c5ccccc5Sc5ccccc54)ccc(C)c23)cc1OC. The number of rotatable bonds is 6. The first kappa shape index (κ1) is 28.2. The Morgan fingerprint density at radius 1 is 0.727 bits per heavy atom. The number of benzene rings is 5. The summed E-state index contributed by atoms with van der Waals surface area (Å²) in [6.07, 6.45) is 0. The highest BCUT2D eigenvalue weighted by atomic mass is 32.2. The van der Waals surface area contributed by atoms with Gasteiger partial charge in [-0.05, 0) is 95.4 Å². The Morgan fingerprint density at radius 2 is 1.36 bits per heavy atom. The number of hydrogen-bond donors (Lipinski definition) is 0. The average Bonchev–Trinajstić information content (AvgIpc) is 3.07. The van der Waals surface area contributed by atoms with Crippen molar-refractivity contribution in [1.82, 2.24) is 4.98 Å². The van der Waals surface area contributed by atoms with Crippen molar-refractivity contribution in [3.05, 3.63) is 115 Å². The molecule has 1 unspecified atom stereocenters. The van der Waals surface area contributed by atoms with E-state index in [4.69, 9.17) is 14.5 Å². The Bertz CT molecular complexity index is 2030. The monoisotopic (exact) mass is 615 g/mol. The van der Waals surface area contributed by atoms with E-state index in [-0.39, 0.29) is 4.90 Å². The Hall–Kier alpha value is -4.63. The Morgan fingerprint density at radius 3 is 2.00 bits per heavy atom. The van der Waals surface area contributed by atoms with Crippen molar-refractivity contribution in [2.75, 3.05) is 19.1 Å². The summed E-state index contributed by atoms with van der Waals surface area (Å²) in [5.74, 6) is 1.27. The molecule has 1 aliphatic heterocycles. The lowest BCUT2D eigenvalue weighted by Gasteiger charge is -2.33. The summed E-state index contributed by atoms with van der Waals surface area (Å²) >= 11 is -0.552. The fourth-order valence-electron chi connectivity index (χ4n) is 5.76. The summed E-state index contributed by atoms with van der Waals surface area (Å²) < 4.78 is 34.4. The van der Waals surface area contributed by atoms with Crippen LogP contribution in [-0.4, -0.2) is 28.0 Å². The van der Waals surface area contributed by atoms with E-state index in [9.17, 15) is 8.76 Å². The van der Waals surface area contributed by atoms with Crippen molar-refractivity contribution < 1.29 is 18.2 Å². The molecule has 218 valence electrons. The average molecular weight is 616 g/mol. The molecule has 1 atom stereocenters. The Balaban J connectivity index is 1.55. The third kappa shape index (κ3) is 4.81. The zero-order valence-corrected chi connectivity index (χ0v) is 25.9. The maximum absolute atomic E-state index is 11.6. The zero-order chi connectivity index (χ0) is 30.4. The van der Waals surface area contributed by atoms with Crippen LogP contribution in [0.1, 0.15) is 5.56 Å². The summed E-state index contributed by atoms with van der Waals surface area (Å²) in [7, 11) is 3.25. The molecule has 0 spiro atoms. The largest absolute Gasteiger partial charge is 0.768 e. The number of nitrogens with zero attached hydrogens (tertiary/aromatic N) is 2. The Kier molecular flexibility index (Phi) is 7.34. The number of aryl methyl sites for hydroxylation is 1. The van der Waals surface area contributed by atoms with Crippen LogP contribution in [0.5, 0.6) is 11.5 Å². The number of methoxy groups -OCH3 is 2. The highest BCUT2D eigenvalue weighted by Gasteiger charge is 2.27. The highest BCUT2D eigenvalue weighted by Crippen LogP contribution is 2.53. The van der Waals surface area contributed by atoms with Gasteiger partial charge in [0.25, 0.3) is 0 Å². The third-order valence-electron chi connectivity index (χ3n) is 7.86. The van der Waals surface area contributed by atoms with Crippen LogP contribution in [0.15, 0.2) is 124 Å². The smallest absolute Gasteiger partial charge is 0.161 e. The van der Waals surface area contributed by atoms with E-state index in [1.54, 1.807) is 50.2 Å². The topological polar surface area (TPSA) is 74.7 Å². The van der Waals surface area contributed by atoms with Gasteiger partial charge in [-0.1, -0.05) is 60.3 Å². The molecular formula is C36H27N2O4S2-. The third-order valence-corrected chi connectivity index (χ3v) is 9.65. The van der Waals surface area contributed by atoms with E-state index in [0.717, 1.165) is 65.7 Å². The molecule has 5 aromatic carbocycles. The predicted octanol–water partition coefficient (Wildman–Crippen LogP) is 9.07. The van der Waals surface area contributed by atoms with E-state index >= 15 is 0 Å². The minimum Gasteiger partial charge on any atom is -0.768 e. The maximum Gasteiger partial charge on any atom is 0.161 e.